The molecule has 0 radical (unpaired) electrons. The van der Waals surface area contributed by atoms with Gasteiger partial charge in [0.15, 0.2) is 5.13 Å². The minimum absolute atomic E-state index is 0.130. The Morgan fingerprint density at radius 2 is 1.79 bits per heavy atom. The summed E-state index contributed by atoms with van der Waals surface area (Å²) in [6.45, 7) is 3.78. The second-order valence-corrected chi connectivity index (χ2v) is 8.45. The van der Waals surface area contributed by atoms with Gasteiger partial charge in [-0.1, -0.05) is 48.0 Å². The molecule has 0 fully saturated rings. The molecular weight excluding hydrogens is 390 g/mol. The molecule has 0 aliphatic heterocycles. The van der Waals surface area contributed by atoms with E-state index in [0.717, 1.165) is 22.5 Å². The Morgan fingerprint density at radius 1 is 1.07 bits per heavy atom. The lowest BCUT2D eigenvalue weighted by molar-refractivity contribution is -0.115. The van der Waals surface area contributed by atoms with Crippen molar-refractivity contribution in [1.82, 2.24) is 4.98 Å². The van der Waals surface area contributed by atoms with E-state index in [-0.39, 0.29) is 22.8 Å². The van der Waals surface area contributed by atoms with Crippen LogP contribution in [0.15, 0.2) is 60.0 Å². The third-order valence-electron chi connectivity index (χ3n) is 3.97. The molecule has 3 rings (SSSR count). The van der Waals surface area contributed by atoms with Gasteiger partial charge < -0.3 is 10.6 Å². The maximum absolute atomic E-state index is 12.4. The largest absolute Gasteiger partial charge is 0.325 e. The van der Waals surface area contributed by atoms with E-state index in [9.17, 15) is 9.59 Å². The van der Waals surface area contributed by atoms with Gasteiger partial charge in [0.25, 0.3) is 0 Å². The van der Waals surface area contributed by atoms with Crippen LogP contribution in [-0.4, -0.2) is 27.8 Å². The number of rotatable bonds is 7. The summed E-state index contributed by atoms with van der Waals surface area (Å²) in [6, 6.07) is 17.4. The second kappa shape index (κ2) is 9.52. The van der Waals surface area contributed by atoms with Gasteiger partial charge in [-0.3, -0.25) is 9.59 Å². The Hall–Kier alpha value is -2.64. The Bertz CT molecular complexity index is 940. The molecule has 3 aromatic rings. The SMILES string of the molecule is Cc1ccc(NC(=O)CSC(C)C(=O)Nc2nc(-c3ccccc3)cs2)cc1. The fraction of sp³-hybridized carbons (Fsp3) is 0.190. The minimum atomic E-state index is -0.368. The average molecular weight is 412 g/mol. The van der Waals surface area contributed by atoms with Crippen molar-refractivity contribution >= 4 is 45.7 Å². The molecule has 1 atom stereocenters. The van der Waals surface area contributed by atoms with Gasteiger partial charge in [-0.2, -0.15) is 0 Å². The first kappa shape index (κ1) is 20.1. The summed E-state index contributed by atoms with van der Waals surface area (Å²) < 4.78 is 0. The van der Waals surface area contributed by atoms with Gasteiger partial charge in [0, 0.05) is 16.6 Å². The lowest BCUT2D eigenvalue weighted by Gasteiger charge is -2.11. The van der Waals surface area contributed by atoms with E-state index in [1.807, 2.05) is 66.9 Å². The number of hydrogen-bond donors (Lipinski definition) is 2. The summed E-state index contributed by atoms with van der Waals surface area (Å²) in [6.07, 6.45) is 0. The molecule has 1 heterocycles. The number of hydrogen-bond acceptors (Lipinski definition) is 5. The van der Waals surface area contributed by atoms with E-state index >= 15 is 0 Å². The van der Waals surface area contributed by atoms with Crippen LogP contribution in [0.4, 0.5) is 10.8 Å². The van der Waals surface area contributed by atoms with Crippen molar-refractivity contribution in [3.8, 4) is 11.3 Å². The van der Waals surface area contributed by atoms with Crippen molar-refractivity contribution in [1.29, 1.82) is 0 Å². The quantitative estimate of drug-likeness (QED) is 0.585. The Balaban J connectivity index is 1.47. The summed E-state index contributed by atoms with van der Waals surface area (Å²) in [7, 11) is 0. The fourth-order valence-corrected chi connectivity index (χ4v) is 3.80. The summed E-state index contributed by atoms with van der Waals surface area (Å²) in [5.41, 5.74) is 3.73. The molecule has 144 valence electrons. The highest BCUT2D eigenvalue weighted by atomic mass is 32.2. The van der Waals surface area contributed by atoms with Crippen LogP contribution in [0.3, 0.4) is 0 Å². The first-order chi connectivity index (χ1) is 13.5. The standard InChI is InChI=1S/C21H21N3O2S2/c1-14-8-10-17(11-9-14)22-19(25)13-27-15(2)20(26)24-21-23-18(12-28-21)16-6-4-3-5-7-16/h3-12,15H,13H2,1-2H3,(H,22,25)(H,23,24,26). The summed E-state index contributed by atoms with van der Waals surface area (Å²) in [5.74, 6) is -0.0912. The monoisotopic (exact) mass is 411 g/mol. The molecule has 0 bridgehead atoms. The third kappa shape index (κ3) is 5.68. The van der Waals surface area contributed by atoms with Crippen molar-refractivity contribution in [2.45, 2.75) is 19.1 Å². The molecule has 28 heavy (non-hydrogen) atoms. The fourth-order valence-electron chi connectivity index (χ4n) is 2.39. The molecule has 0 saturated carbocycles. The number of carbonyl (C=O) groups excluding carboxylic acids is 2. The molecule has 0 spiro atoms. The summed E-state index contributed by atoms with van der Waals surface area (Å²) in [5, 5.41) is 7.76. The first-order valence-electron chi connectivity index (χ1n) is 8.81. The zero-order valence-corrected chi connectivity index (χ0v) is 17.3. The van der Waals surface area contributed by atoms with Gasteiger partial charge in [-0.15, -0.1) is 23.1 Å². The number of nitrogens with one attached hydrogen (secondary N) is 2. The molecule has 2 amide bonds. The van der Waals surface area contributed by atoms with Crippen molar-refractivity contribution in [3.63, 3.8) is 0 Å². The maximum atomic E-state index is 12.4. The molecule has 7 heteroatoms. The molecule has 2 N–H and O–H groups in total. The molecular formula is C21H21N3O2S2. The molecule has 0 saturated heterocycles. The smallest absolute Gasteiger partial charge is 0.239 e. The highest BCUT2D eigenvalue weighted by Crippen LogP contribution is 2.25. The van der Waals surface area contributed by atoms with E-state index < -0.39 is 0 Å². The highest BCUT2D eigenvalue weighted by Gasteiger charge is 2.17. The zero-order chi connectivity index (χ0) is 19.9. The number of amides is 2. The topological polar surface area (TPSA) is 71.1 Å². The number of aryl methyl sites for hydroxylation is 1. The number of aromatic nitrogens is 1. The summed E-state index contributed by atoms with van der Waals surface area (Å²) >= 11 is 2.68. The molecule has 2 aromatic carbocycles. The van der Waals surface area contributed by atoms with Crippen molar-refractivity contribution < 1.29 is 9.59 Å². The summed E-state index contributed by atoms with van der Waals surface area (Å²) in [4.78, 5) is 28.9. The van der Waals surface area contributed by atoms with E-state index in [1.165, 1.54) is 23.1 Å². The number of anilines is 2. The van der Waals surface area contributed by atoms with Crippen LogP contribution in [0.2, 0.25) is 0 Å². The third-order valence-corrected chi connectivity index (χ3v) is 5.87. The maximum Gasteiger partial charge on any atom is 0.239 e. The van der Waals surface area contributed by atoms with Crippen LogP contribution >= 0.6 is 23.1 Å². The van der Waals surface area contributed by atoms with Gasteiger partial charge >= 0.3 is 0 Å². The van der Waals surface area contributed by atoms with Crippen LogP contribution in [0.1, 0.15) is 12.5 Å². The predicted molar refractivity (Wildman–Crippen MR) is 118 cm³/mol. The number of carbonyl (C=O) groups is 2. The van der Waals surface area contributed by atoms with Gasteiger partial charge in [0.1, 0.15) is 0 Å². The number of benzene rings is 2. The normalized spacial score (nSPS) is 11.6. The van der Waals surface area contributed by atoms with Crippen LogP contribution in [0, 0.1) is 6.92 Å². The lowest BCUT2D eigenvalue weighted by atomic mass is 10.2. The average Bonchev–Trinajstić information content (AvgIpc) is 3.17. The Morgan fingerprint density at radius 3 is 2.50 bits per heavy atom. The van der Waals surface area contributed by atoms with Gasteiger partial charge in [-0.05, 0) is 26.0 Å². The van der Waals surface area contributed by atoms with Gasteiger partial charge in [0.2, 0.25) is 11.8 Å². The predicted octanol–water partition coefficient (Wildman–Crippen LogP) is 4.82. The molecule has 1 aromatic heterocycles. The van der Waals surface area contributed by atoms with Gasteiger partial charge in [-0.25, -0.2) is 4.98 Å². The molecule has 0 aliphatic carbocycles. The minimum Gasteiger partial charge on any atom is -0.325 e. The lowest BCUT2D eigenvalue weighted by Crippen LogP contribution is -2.25. The Kier molecular flexibility index (Phi) is 6.84. The Labute approximate surface area is 172 Å². The number of thioether (sulfide) groups is 1. The number of nitrogens with zero attached hydrogens (tertiary/aromatic N) is 1. The van der Waals surface area contributed by atoms with Crippen molar-refractivity contribution in [2.24, 2.45) is 0 Å². The van der Waals surface area contributed by atoms with Crippen LogP contribution in [-0.2, 0) is 9.59 Å². The van der Waals surface area contributed by atoms with Crippen LogP contribution in [0.5, 0.6) is 0 Å². The molecule has 1 unspecified atom stereocenters. The number of thiazole rings is 1. The zero-order valence-electron chi connectivity index (χ0n) is 15.6. The van der Waals surface area contributed by atoms with Crippen molar-refractivity contribution in [2.75, 3.05) is 16.4 Å². The first-order valence-corrected chi connectivity index (χ1v) is 10.7. The van der Waals surface area contributed by atoms with Crippen LogP contribution < -0.4 is 10.6 Å². The highest BCUT2D eigenvalue weighted by molar-refractivity contribution is 8.01. The van der Waals surface area contributed by atoms with Gasteiger partial charge in [0.05, 0.1) is 16.7 Å². The van der Waals surface area contributed by atoms with E-state index in [4.69, 9.17) is 0 Å². The molecule has 0 aliphatic rings. The molecule has 5 nitrogen and oxygen atoms in total. The van der Waals surface area contributed by atoms with E-state index in [0.29, 0.717) is 5.13 Å². The van der Waals surface area contributed by atoms with E-state index in [1.54, 1.807) is 6.92 Å². The van der Waals surface area contributed by atoms with E-state index in [2.05, 4.69) is 15.6 Å². The second-order valence-electron chi connectivity index (χ2n) is 6.26. The van der Waals surface area contributed by atoms with Crippen LogP contribution in [0.25, 0.3) is 11.3 Å². The van der Waals surface area contributed by atoms with Crippen molar-refractivity contribution in [3.05, 3.63) is 65.5 Å².